The van der Waals surface area contributed by atoms with Crippen LogP contribution in [0, 0.1) is 5.92 Å². The van der Waals surface area contributed by atoms with Gasteiger partial charge in [-0.1, -0.05) is 18.2 Å². The minimum absolute atomic E-state index is 0.0439. The van der Waals surface area contributed by atoms with Gasteiger partial charge in [-0.3, -0.25) is 9.59 Å². The highest BCUT2D eigenvalue weighted by atomic mass is 16.5. The molecule has 1 aromatic heterocycles. The van der Waals surface area contributed by atoms with E-state index in [-0.39, 0.29) is 18.2 Å². The first-order valence-electron chi connectivity index (χ1n) is 7.93. The normalized spacial score (nSPS) is 17.0. The molecule has 0 radical (unpaired) electrons. The third kappa shape index (κ3) is 3.37. The van der Waals surface area contributed by atoms with Gasteiger partial charge in [0.1, 0.15) is 5.69 Å². The summed E-state index contributed by atoms with van der Waals surface area (Å²) in [6.07, 6.45) is 1.81. The first kappa shape index (κ1) is 16.0. The number of para-hydroxylation sites is 1. The average molecular weight is 325 g/mol. The van der Waals surface area contributed by atoms with E-state index in [0.717, 1.165) is 5.69 Å². The maximum atomic E-state index is 12.5. The lowest BCUT2D eigenvalue weighted by atomic mass is 10.1. The first-order valence-corrected chi connectivity index (χ1v) is 7.93. The fraction of sp³-hybridized carbons (Fsp3) is 0.278. The molecule has 2 aromatic rings. The molecule has 24 heavy (non-hydrogen) atoms. The lowest BCUT2D eigenvalue weighted by molar-refractivity contribution is -0.122. The van der Waals surface area contributed by atoms with Crippen LogP contribution in [0.4, 0.5) is 11.4 Å². The van der Waals surface area contributed by atoms with Crippen LogP contribution in [0.25, 0.3) is 0 Å². The van der Waals surface area contributed by atoms with Gasteiger partial charge in [-0.15, -0.1) is 0 Å². The van der Waals surface area contributed by atoms with Crippen LogP contribution in [0.1, 0.15) is 13.3 Å². The molecule has 1 aliphatic heterocycles. The fourth-order valence-corrected chi connectivity index (χ4v) is 2.71. The summed E-state index contributed by atoms with van der Waals surface area (Å²) in [5, 5.41) is 2.82. The second kappa shape index (κ2) is 7.12. The van der Waals surface area contributed by atoms with Crippen LogP contribution < -0.4 is 15.0 Å². The number of nitrogens with zero attached hydrogens (tertiary/aromatic N) is 2. The SMILES string of the molecule is CCOc1ncccc1NC(=O)[C@H]1CC(=O)N(c2ccccc2)C1. The van der Waals surface area contributed by atoms with Gasteiger partial charge >= 0.3 is 0 Å². The number of anilines is 2. The highest BCUT2D eigenvalue weighted by Crippen LogP contribution is 2.27. The number of carbonyl (C=O) groups is 2. The van der Waals surface area contributed by atoms with Crippen molar-refractivity contribution in [3.63, 3.8) is 0 Å². The second-order valence-corrected chi connectivity index (χ2v) is 5.52. The van der Waals surface area contributed by atoms with Crippen molar-refractivity contribution in [2.45, 2.75) is 13.3 Å². The Kier molecular flexibility index (Phi) is 4.74. The Balaban J connectivity index is 1.70. The smallest absolute Gasteiger partial charge is 0.237 e. The molecule has 1 saturated heterocycles. The second-order valence-electron chi connectivity index (χ2n) is 5.52. The fourth-order valence-electron chi connectivity index (χ4n) is 2.71. The van der Waals surface area contributed by atoms with E-state index in [1.807, 2.05) is 37.3 Å². The molecular weight excluding hydrogens is 306 g/mol. The van der Waals surface area contributed by atoms with Gasteiger partial charge in [0.05, 0.1) is 12.5 Å². The van der Waals surface area contributed by atoms with E-state index in [1.165, 1.54) is 0 Å². The Bertz CT molecular complexity index is 733. The Morgan fingerprint density at radius 1 is 1.29 bits per heavy atom. The van der Waals surface area contributed by atoms with E-state index in [2.05, 4.69) is 10.3 Å². The minimum atomic E-state index is -0.396. The quantitative estimate of drug-likeness (QED) is 0.917. The zero-order valence-electron chi connectivity index (χ0n) is 13.4. The number of ether oxygens (including phenoxy) is 1. The molecule has 1 aromatic carbocycles. The molecule has 0 aliphatic carbocycles. The van der Waals surface area contributed by atoms with Crippen molar-refractivity contribution in [2.75, 3.05) is 23.4 Å². The van der Waals surface area contributed by atoms with Crippen molar-refractivity contribution < 1.29 is 14.3 Å². The van der Waals surface area contributed by atoms with Gasteiger partial charge in [-0.05, 0) is 31.2 Å². The van der Waals surface area contributed by atoms with Crippen LogP contribution in [0.5, 0.6) is 5.88 Å². The Morgan fingerprint density at radius 2 is 2.08 bits per heavy atom. The van der Waals surface area contributed by atoms with Crippen LogP contribution in [-0.2, 0) is 9.59 Å². The van der Waals surface area contributed by atoms with Gasteiger partial charge in [0.15, 0.2) is 0 Å². The van der Waals surface area contributed by atoms with Crippen molar-refractivity contribution in [3.8, 4) is 5.88 Å². The van der Waals surface area contributed by atoms with Crippen LogP contribution in [0.3, 0.4) is 0 Å². The Labute approximate surface area is 140 Å². The third-order valence-corrected chi connectivity index (χ3v) is 3.87. The van der Waals surface area contributed by atoms with Crippen molar-refractivity contribution >= 4 is 23.2 Å². The number of nitrogens with one attached hydrogen (secondary N) is 1. The number of pyridine rings is 1. The van der Waals surface area contributed by atoms with E-state index >= 15 is 0 Å². The van der Waals surface area contributed by atoms with Gasteiger partial charge < -0.3 is 15.0 Å². The van der Waals surface area contributed by atoms with Crippen molar-refractivity contribution in [1.29, 1.82) is 0 Å². The van der Waals surface area contributed by atoms with Gasteiger partial charge in [-0.2, -0.15) is 0 Å². The van der Waals surface area contributed by atoms with Crippen LogP contribution in [0.2, 0.25) is 0 Å². The molecule has 1 N–H and O–H groups in total. The Morgan fingerprint density at radius 3 is 2.83 bits per heavy atom. The maximum absolute atomic E-state index is 12.5. The Hall–Kier alpha value is -2.89. The molecule has 0 saturated carbocycles. The van der Waals surface area contributed by atoms with Crippen LogP contribution in [-0.4, -0.2) is 29.9 Å². The molecule has 2 heterocycles. The van der Waals surface area contributed by atoms with E-state index in [1.54, 1.807) is 23.2 Å². The summed E-state index contributed by atoms with van der Waals surface area (Å²) in [6, 6.07) is 12.8. The molecule has 0 unspecified atom stereocenters. The molecule has 0 bridgehead atoms. The number of benzene rings is 1. The number of hydrogen-bond acceptors (Lipinski definition) is 4. The number of hydrogen-bond donors (Lipinski definition) is 1. The third-order valence-electron chi connectivity index (χ3n) is 3.87. The van der Waals surface area contributed by atoms with Crippen molar-refractivity contribution in [3.05, 3.63) is 48.7 Å². The number of carbonyl (C=O) groups excluding carboxylic acids is 2. The predicted octanol–water partition coefficient (Wildman–Crippen LogP) is 2.47. The lowest BCUT2D eigenvalue weighted by Gasteiger charge is -2.17. The molecule has 1 atom stereocenters. The molecule has 2 amide bonds. The maximum Gasteiger partial charge on any atom is 0.237 e. The topological polar surface area (TPSA) is 71.5 Å². The van der Waals surface area contributed by atoms with Crippen LogP contribution >= 0.6 is 0 Å². The summed E-state index contributed by atoms with van der Waals surface area (Å²) in [4.78, 5) is 30.5. The van der Waals surface area contributed by atoms with E-state index in [4.69, 9.17) is 4.74 Å². The highest BCUT2D eigenvalue weighted by Gasteiger charge is 2.35. The molecule has 3 rings (SSSR count). The molecule has 124 valence electrons. The van der Waals surface area contributed by atoms with Crippen molar-refractivity contribution in [2.24, 2.45) is 5.92 Å². The largest absolute Gasteiger partial charge is 0.476 e. The number of aromatic nitrogens is 1. The summed E-state index contributed by atoms with van der Waals surface area (Å²) < 4.78 is 5.41. The molecule has 1 aliphatic rings. The lowest BCUT2D eigenvalue weighted by Crippen LogP contribution is -2.28. The van der Waals surface area contributed by atoms with Gasteiger partial charge in [0.25, 0.3) is 0 Å². The van der Waals surface area contributed by atoms with Gasteiger partial charge in [0.2, 0.25) is 17.7 Å². The van der Waals surface area contributed by atoms with E-state index in [0.29, 0.717) is 24.7 Å². The average Bonchev–Trinajstić information content (AvgIpc) is 3.00. The highest BCUT2D eigenvalue weighted by molar-refractivity contribution is 6.03. The zero-order valence-corrected chi connectivity index (χ0v) is 13.4. The van der Waals surface area contributed by atoms with Gasteiger partial charge in [-0.25, -0.2) is 4.98 Å². The summed E-state index contributed by atoms with van der Waals surface area (Å²) in [6.45, 7) is 2.69. The number of amides is 2. The first-order chi connectivity index (χ1) is 11.7. The molecule has 6 nitrogen and oxygen atoms in total. The summed E-state index contributed by atoms with van der Waals surface area (Å²) >= 11 is 0. The standard InChI is InChI=1S/C18H19N3O3/c1-2-24-18-15(9-6-10-19-18)20-17(23)13-11-16(22)21(12-13)14-7-4-3-5-8-14/h3-10,13H,2,11-12H2,1H3,(H,20,23)/t13-/m0/s1. The summed E-state index contributed by atoms with van der Waals surface area (Å²) in [5.41, 5.74) is 1.34. The van der Waals surface area contributed by atoms with E-state index < -0.39 is 5.92 Å². The molecular formula is C18H19N3O3. The predicted molar refractivity (Wildman–Crippen MR) is 90.9 cm³/mol. The number of rotatable bonds is 5. The molecule has 0 spiro atoms. The van der Waals surface area contributed by atoms with E-state index in [9.17, 15) is 9.59 Å². The monoisotopic (exact) mass is 325 g/mol. The summed E-state index contributed by atoms with van der Waals surface area (Å²) in [5.74, 6) is -0.252. The minimum Gasteiger partial charge on any atom is -0.476 e. The summed E-state index contributed by atoms with van der Waals surface area (Å²) in [7, 11) is 0. The van der Waals surface area contributed by atoms with Crippen molar-refractivity contribution in [1.82, 2.24) is 4.98 Å². The molecule has 1 fully saturated rings. The van der Waals surface area contributed by atoms with Gasteiger partial charge in [0, 0.05) is 24.8 Å². The zero-order chi connectivity index (χ0) is 16.9. The molecule has 6 heteroatoms. The van der Waals surface area contributed by atoms with Crippen LogP contribution in [0.15, 0.2) is 48.7 Å².